The van der Waals surface area contributed by atoms with E-state index in [9.17, 15) is 19.2 Å². The second kappa shape index (κ2) is 13.0. The Morgan fingerprint density at radius 2 is 1.65 bits per heavy atom. The first-order valence-electron chi connectivity index (χ1n) is 12.4. The highest BCUT2D eigenvalue weighted by Gasteiger charge is 2.40. The molecule has 0 bridgehead atoms. The van der Waals surface area contributed by atoms with Crippen LogP contribution in [0.4, 0.5) is 0 Å². The van der Waals surface area contributed by atoms with E-state index in [-0.39, 0.29) is 51.7 Å². The Labute approximate surface area is 200 Å². The molecule has 3 fully saturated rings. The van der Waals surface area contributed by atoms with E-state index < -0.39 is 29.3 Å². The Morgan fingerprint density at radius 1 is 0.941 bits per heavy atom. The first-order chi connectivity index (χ1) is 16.4. The number of nitrogens with zero attached hydrogens (tertiary/aromatic N) is 1. The van der Waals surface area contributed by atoms with Crippen LogP contribution in [0.15, 0.2) is 0 Å². The zero-order valence-corrected chi connectivity index (χ0v) is 19.9. The van der Waals surface area contributed by atoms with Gasteiger partial charge in [-0.05, 0) is 25.7 Å². The number of piperidine rings is 1. The van der Waals surface area contributed by atoms with Crippen LogP contribution in [-0.2, 0) is 28.7 Å². The van der Waals surface area contributed by atoms with Crippen molar-refractivity contribution in [3.8, 4) is 0 Å². The van der Waals surface area contributed by atoms with Crippen molar-refractivity contribution < 1.29 is 28.7 Å². The van der Waals surface area contributed by atoms with Crippen LogP contribution in [0, 0.1) is 0 Å². The number of ether oxygens (including phenoxy) is 2. The van der Waals surface area contributed by atoms with Gasteiger partial charge >= 0.3 is 0 Å². The molecular weight excluding hydrogens is 442 g/mol. The lowest BCUT2D eigenvalue weighted by atomic mass is 9.82. The standard InChI is InChI=1S/C23H39N5O6/c24-22(32)18-14-19(29)25-8-11-33-12-13-34-16-21(31)27-23(15-20(30)26-18)6-9-28(10-7-23)17-4-2-1-3-5-17/h17-18H,1-16H2,(H2,24,32)(H,25,29)(H,26,30)(H,27,31)/t18-/m0/s1. The number of nitrogens with two attached hydrogens (primary N) is 1. The Morgan fingerprint density at radius 3 is 2.35 bits per heavy atom. The quantitative estimate of drug-likeness (QED) is 0.402. The molecule has 3 rings (SSSR count). The second-order valence-electron chi connectivity index (χ2n) is 9.57. The van der Waals surface area contributed by atoms with E-state index in [4.69, 9.17) is 15.2 Å². The van der Waals surface area contributed by atoms with Gasteiger partial charge in [0.05, 0.1) is 31.8 Å². The molecule has 2 heterocycles. The fourth-order valence-electron chi connectivity index (χ4n) is 5.12. The maximum Gasteiger partial charge on any atom is 0.246 e. The first-order valence-corrected chi connectivity index (χ1v) is 12.4. The van der Waals surface area contributed by atoms with Crippen LogP contribution in [0.1, 0.15) is 57.8 Å². The molecule has 1 saturated carbocycles. The fourth-order valence-corrected chi connectivity index (χ4v) is 5.12. The third kappa shape index (κ3) is 8.21. The van der Waals surface area contributed by atoms with Crippen LogP contribution in [0.3, 0.4) is 0 Å². The summed E-state index contributed by atoms with van der Waals surface area (Å²) in [5.74, 6) is -1.89. The predicted molar refractivity (Wildman–Crippen MR) is 124 cm³/mol. The number of amides is 4. The summed E-state index contributed by atoms with van der Waals surface area (Å²) in [6.45, 7) is 2.49. The molecule has 192 valence electrons. The topological polar surface area (TPSA) is 152 Å². The Hall–Kier alpha value is -2.24. The Balaban J connectivity index is 1.69. The monoisotopic (exact) mass is 481 g/mol. The van der Waals surface area contributed by atoms with Crippen molar-refractivity contribution in [3.05, 3.63) is 0 Å². The lowest BCUT2D eigenvalue weighted by Gasteiger charge is -2.45. The van der Waals surface area contributed by atoms with E-state index in [1.807, 2.05) is 0 Å². The number of carbonyl (C=O) groups excluding carboxylic acids is 4. The van der Waals surface area contributed by atoms with E-state index >= 15 is 0 Å². The SMILES string of the molecule is NC(=O)[C@@H]1CC(=O)NCCOCCOCC(=O)NC2(CCN(C3CCCCC3)CC2)CC(=O)N1. The minimum absolute atomic E-state index is 0.00571. The summed E-state index contributed by atoms with van der Waals surface area (Å²) in [4.78, 5) is 52.1. The summed E-state index contributed by atoms with van der Waals surface area (Å²) in [5.41, 5.74) is 4.69. The molecule has 0 unspecified atom stereocenters. The highest BCUT2D eigenvalue weighted by atomic mass is 16.5. The van der Waals surface area contributed by atoms with Gasteiger partial charge in [0.1, 0.15) is 12.6 Å². The van der Waals surface area contributed by atoms with Gasteiger partial charge < -0.3 is 36.1 Å². The predicted octanol–water partition coefficient (Wildman–Crippen LogP) is -0.817. The van der Waals surface area contributed by atoms with E-state index in [0.29, 0.717) is 18.9 Å². The number of hydrogen-bond donors (Lipinski definition) is 4. The zero-order valence-electron chi connectivity index (χ0n) is 19.9. The average molecular weight is 482 g/mol. The van der Waals surface area contributed by atoms with E-state index in [2.05, 4.69) is 20.9 Å². The summed E-state index contributed by atoms with van der Waals surface area (Å²) in [5, 5.41) is 8.29. The van der Waals surface area contributed by atoms with Crippen molar-refractivity contribution >= 4 is 23.6 Å². The van der Waals surface area contributed by atoms with Gasteiger partial charge in [-0.25, -0.2) is 0 Å². The number of rotatable bonds is 2. The minimum Gasteiger partial charge on any atom is -0.377 e. The van der Waals surface area contributed by atoms with Crippen molar-refractivity contribution in [1.82, 2.24) is 20.9 Å². The van der Waals surface area contributed by atoms with Gasteiger partial charge in [-0.2, -0.15) is 0 Å². The number of primary amides is 1. The summed E-state index contributed by atoms with van der Waals surface area (Å²) >= 11 is 0. The summed E-state index contributed by atoms with van der Waals surface area (Å²) in [6, 6.07) is -0.561. The van der Waals surface area contributed by atoms with Crippen LogP contribution in [-0.4, -0.2) is 92.2 Å². The van der Waals surface area contributed by atoms with Gasteiger partial charge in [-0.15, -0.1) is 0 Å². The largest absolute Gasteiger partial charge is 0.377 e. The fraction of sp³-hybridized carbons (Fsp3) is 0.826. The molecular formula is C23H39N5O6. The number of nitrogens with one attached hydrogen (secondary N) is 3. The average Bonchev–Trinajstić information content (AvgIpc) is 2.81. The van der Waals surface area contributed by atoms with Crippen LogP contribution in [0.25, 0.3) is 0 Å². The van der Waals surface area contributed by atoms with Crippen molar-refractivity contribution in [2.45, 2.75) is 75.4 Å². The minimum atomic E-state index is -1.12. The molecule has 3 aliphatic rings. The van der Waals surface area contributed by atoms with Crippen LogP contribution in [0.2, 0.25) is 0 Å². The second-order valence-corrected chi connectivity index (χ2v) is 9.57. The molecule has 5 N–H and O–H groups in total. The Kier molecular flexibility index (Phi) is 10.1. The summed E-state index contributed by atoms with van der Waals surface area (Å²) in [7, 11) is 0. The van der Waals surface area contributed by atoms with E-state index in [0.717, 1.165) is 13.1 Å². The van der Waals surface area contributed by atoms with Gasteiger partial charge in [0.25, 0.3) is 0 Å². The third-order valence-electron chi connectivity index (χ3n) is 6.99. The van der Waals surface area contributed by atoms with Crippen molar-refractivity contribution in [2.75, 3.05) is 46.1 Å². The van der Waals surface area contributed by atoms with Gasteiger partial charge in [0, 0.05) is 32.1 Å². The Bertz CT molecular complexity index is 719. The molecule has 11 nitrogen and oxygen atoms in total. The third-order valence-corrected chi connectivity index (χ3v) is 6.99. The summed E-state index contributed by atoms with van der Waals surface area (Å²) in [6.07, 6.45) is 7.15. The van der Waals surface area contributed by atoms with Crippen molar-refractivity contribution in [3.63, 3.8) is 0 Å². The van der Waals surface area contributed by atoms with Gasteiger partial charge in [0.15, 0.2) is 0 Å². The molecule has 11 heteroatoms. The molecule has 0 aromatic rings. The highest BCUT2D eigenvalue weighted by Crippen LogP contribution is 2.31. The first kappa shape index (κ1) is 26.4. The van der Waals surface area contributed by atoms with Gasteiger partial charge in [-0.1, -0.05) is 19.3 Å². The number of likely N-dealkylation sites (tertiary alicyclic amines) is 1. The van der Waals surface area contributed by atoms with Crippen LogP contribution in [0.5, 0.6) is 0 Å². The van der Waals surface area contributed by atoms with Crippen LogP contribution < -0.4 is 21.7 Å². The molecule has 34 heavy (non-hydrogen) atoms. The maximum atomic E-state index is 12.9. The molecule has 2 saturated heterocycles. The number of carbonyl (C=O) groups is 4. The lowest BCUT2D eigenvalue weighted by Crippen LogP contribution is -2.60. The van der Waals surface area contributed by atoms with Crippen LogP contribution >= 0.6 is 0 Å². The van der Waals surface area contributed by atoms with E-state index in [1.54, 1.807) is 0 Å². The summed E-state index contributed by atoms with van der Waals surface area (Å²) < 4.78 is 10.8. The van der Waals surface area contributed by atoms with Crippen molar-refractivity contribution in [2.24, 2.45) is 5.73 Å². The zero-order chi connectivity index (χ0) is 24.4. The highest BCUT2D eigenvalue weighted by molar-refractivity contribution is 5.91. The lowest BCUT2D eigenvalue weighted by molar-refractivity contribution is -0.132. The smallest absolute Gasteiger partial charge is 0.246 e. The maximum absolute atomic E-state index is 12.9. The molecule has 1 atom stereocenters. The van der Waals surface area contributed by atoms with Crippen molar-refractivity contribution in [1.29, 1.82) is 0 Å². The molecule has 0 radical (unpaired) electrons. The molecule has 4 amide bonds. The normalized spacial score (nSPS) is 27.3. The molecule has 0 aromatic carbocycles. The number of hydrogen-bond acceptors (Lipinski definition) is 7. The molecule has 1 aliphatic carbocycles. The molecule has 1 spiro atoms. The van der Waals surface area contributed by atoms with E-state index in [1.165, 1.54) is 32.1 Å². The van der Waals surface area contributed by atoms with Gasteiger partial charge in [0.2, 0.25) is 23.6 Å². The molecule has 2 aliphatic heterocycles. The molecule has 0 aromatic heterocycles. The van der Waals surface area contributed by atoms with Gasteiger partial charge in [-0.3, -0.25) is 19.2 Å².